The molecule has 1 aliphatic rings. The van der Waals surface area contributed by atoms with E-state index in [1.165, 1.54) is 49.9 Å². The topological polar surface area (TPSA) is 12.0 Å². The second-order valence-electron chi connectivity index (χ2n) is 8.73. The van der Waals surface area contributed by atoms with Crippen molar-refractivity contribution in [3.05, 3.63) is 35.4 Å². The minimum atomic E-state index is 0.253. The third-order valence-corrected chi connectivity index (χ3v) is 4.63. The van der Waals surface area contributed by atoms with E-state index in [0.717, 1.165) is 5.92 Å². The summed E-state index contributed by atoms with van der Waals surface area (Å²) in [6.07, 6.45) is 5.16. The Morgan fingerprint density at radius 1 is 1.05 bits per heavy atom. The average Bonchev–Trinajstić information content (AvgIpc) is 2.38. The van der Waals surface area contributed by atoms with Crippen LogP contribution in [-0.2, 0) is 11.8 Å². The van der Waals surface area contributed by atoms with Gasteiger partial charge in [0, 0.05) is 0 Å². The van der Waals surface area contributed by atoms with Gasteiger partial charge in [-0.2, -0.15) is 0 Å². The van der Waals surface area contributed by atoms with Crippen molar-refractivity contribution in [1.29, 1.82) is 0 Å². The van der Waals surface area contributed by atoms with E-state index < -0.39 is 0 Å². The number of piperidine rings is 1. The molecule has 0 radical (unpaired) electrons. The van der Waals surface area contributed by atoms with Crippen LogP contribution in [0.3, 0.4) is 0 Å². The Balaban J connectivity index is 2.00. The molecule has 0 bridgehead atoms. The van der Waals surface area contributed by atoms with Crippen LogP contribution >= 0.6 is 0 Å². The van der Waals surface area contributed by atoms with Gasteiger partial charge in [0.25, 0.3) is 0 Å². The van der Waals surface area contributed by atoms with Crippen LogP contribution in [0.5, 0.6) is 0 Å². The van der Waals surface area contributed by atoms with Crippen LogP contribution < -0.4 is 5.32 Å². The largest absolute Gasteiger partial charge is 0.316 e. The maximum absolute atomic E-state index is 3.52. The smallest absolute Gasteiger partial charge is 0.00173 e. The molecule has 1 N–H and O–H groups in total. The molecule has 1 unspecified atom stereocenters. The van der Waals surface area contributed by atoms with Gasteiger partial charge >= 0.3 is 0 Å². The Labute approximate surface area is 131 Å². The first-order valence-electron chi connectivity index (χ1n) is 8.56. The van der Waals surface area contributed by atoms with E-state index in [4.69, 9.17) is 0 Å². The highest BCUT2D eigenvalue weighted by molar-refractivity contribution is 5.28. The molecule has 118 valence electrons. The van der Waals surface area contributed by atoms with Gasteiger partial charge in [0.05, 0.1) is 0 Å². The first-order valence-corrected chi connectivity index (χ1v) is 8.56. The summed E-state index contributed by atoms with van der Waals surface area (Å²) in [5, 5.41) is 3.52. The molecule has 0 spiro atoms. The minimum absolute atomic E-state index is 0.253. The van der Waals surface area contributed by atoms with E-state index in [-0.39, 0.29) is 5.41 Å². The quantitative estimate of drug-likeness (QED) is 0.827. The molecule has 1 heterocycles. The molecule has 1 saturated heterocycles. The van der Waals surface area contributed by atoms with E-state index in [1.807, 2.05) is 0 Å². The van der Waals surface area contributed by atoms with Gasteiger partial charge in [0.15, 0.2) is 0 Å². The molecule has 0 amide bonds. The molecule has 1 heteroatoms. The number of nitrogens with one attached hydrogen (secondary N) is 1. The van der Waals surface area contributed by atoms with Crippen molar-refractivity contribution in [2.75, 3.05) is 13.1 Å². The standard InChI is InChI=1S/C20H33N/c1-19(2,3)15-20(4,5)18-10-8-16(9-11-18)13-17-7-6-12-21-14-17/h8-11,17,21H,6-7,12-15H2,1-5H3. The van der Waals surface area contributed by atoms with E-state index in [1.54, 1.807) is 0 Å². The van der Waals surface area contributed by atoms with Gasteiger partial charge in [-0.25, -0.2) is 0 Å². The van der Waals surface area contributed by atoms with Crippen molar-refractivity contribution in [2.24, 2.45) is 11.3 Å². The molecule has 0 aromatic heterocycles. The van der Waals surface area contributed by atoms with E-state index in [2.05, 4.69) is 64.2 Å². The Hall–Kier alpha value is -0.820. The Morgan fingerprint density at radius 2 is 1.71 bits per heavy atom. The summed E-state index contributed by atoms with van der Waals surface area (Å²) in [7, 11) is 0. The molecule has 0 aliphatic carbocycles. The van der Waals surface area contributed by atoms with Crippen LogP contribution in [0.2, 0.25) is 0 Å². The second kappa shape index (κ2) is 6.52. The summed E-state index contributed by atoms with van der Waals surface area (Å²) in [6.45, 7) is 14.1. The van der Waals surface area contributed by atoms with E-state index >= 15 is 0 Å². The zero-order valence-corrected chi connectivity index (χ0v) is 14.6. The maximum atomic E-state index is 3.52. The van der Waals surface area contributed by atoms with Crippen LogP contribution in [0, 0.1) is 11.3 Å². The Kier molecular flexibility index (Phi) is 5.14. The lowest BCUT2D eigenvalue weighted by Crippen LogP contribution is -2.30. The summed E-state index contributed by atoms with van der Waals surface area (Å²) >= 11 is 0. The van der Waals surface area contributed by atoms with Crippen LogP contribution in [0.25, 0.3) is 0 Å². The van der Waals surface area contributed by atoms with Gasteiger partial charge < -0.3 is 5.32 Å². The first-order chi connectivity index (χ1) is 9.76. The van der Waals surface area contributed by atoms with Gasteiger partial charge in [0.1, 0.15) is 0 Å². The number of benzene rings is 1. The minimum Gasteiger partial charge on any atom is -0.316 e. The molecule has 1 aromatic carbocycles. The Bertz CT molecular complexity index is 430. The van der Waals surface area contributed by atoms with Crippen LogP contribution in [0.4, 0.5) is 0 Å². The predicted octanol–water partition coefficient (Wildman–Crippen LogP) is 4.94. The average molecular weight is 287 g/mol. The third kappa shape index (κ3) is 5.14. The molecule has 1 aromatic rings. The van der Waals surface area contributed by atoms with Crippen molar-refractivity contribution >= 4 is 0 Å². The molecular formula is C20H33N. The van der Waals surface area contributed by atoms with E-state index in [9.17, 15) is 0 Å². The number of rotatable bonds is 4. The van der Waals surface area contributed by atoms with Crippen LogP contribution in [0.1, 0.15) is 65.0 Å². The lowest BCUT2D eigenvalue weighted by molar-refractivity contribution is 0.284. The summed E-state index contributed by atoms with van der Waals surface area (Å²) in [5.41, 5.74) is 3.60. The van der Waals surface area contributed by atoms with Gasteiger partial charge in [-0.1, -0.05) is 58.9 Å². The monoisotopic (exact) mass is 287 g/mol. The lowest BCUT2D eigenvalue weighted by Gasteiger charge is -2.33. The van der Waals surface area contributed by atoms with Crippen molar-refractivity contribution in [1.82, 2.24) is 5.32 Å². The molecule has 2 rings (SSSR count). The van der Waals surface area contributed by atoms with Crippen molar-refractivity contribution in [3.63, 3.8) is 0 Å². The van der Waals surface area contributed by atoms with Crippen molar-refractivity contribution in [2.45, 2.75) is 65.7 Å². The zero-order chi connectivity index (χ0) is 15.5. The second-order valence-corrected chi connectivity index (χ2v) is 8.73. The lowest BCUT2D eigenvalue weighted by atomic mass is 9.72. The summed E-state index contributed by atoms with van der Waals surface area (Å²) in [5.74, 6) is 0.826. The fourth-order valence-electron chi connectivity index (χ4n) is 3.95. The SMILES string of the molecule is CC(C)(C)CC(C)(C)c1ccc(CC2CCCNC2)cc1. The summed E-state index contributed by atoms with van der Waals surface area (Å²) < 4.78 is 0. The summed E-state index contributed by atoms with van der Waals surface area (Å²) in [6, 6.07) is 9.43. The van der Waals surface area contributed by atoms with Gasteiger partial charge in [-0.3, -0.25) is 0 Å². The predicted molar refractivity (Wildman–Crippen MR) is 92.8 cm³/mol. The van der Waals surface area contributed by atoms with Crippen molar-refractivity contribution in [3.8, 4) is 0 Å². The van der Waals surface area contributed by atoms with Gasteiger partial charge in [-0.05, 0) is 66.6 Å². The molecular weight excluding hydrogens is 254 g/mol. The normalized spacial score (nSPS) is 20.5. The molecule has 1 nitrogen and oxygen atoms in total. The Morgan fingerprint density at radius 3 is 2.24 bits per heavy atom. The first kappa shape index (κ1) is 16.5. The molecule has 21 heavy (non-hydrogen) atoms. The third-order valence-electron chi connectivity index (χ3n) is 4.63. The van der Waals surface area contributed by atoms with Crippen LogP contribution in [-0.4, -0.2) is 13.1 Å². The zero-order valence-electron chi connectivity index (χ0n) is 14.6. The molecule has 1 aliphatic heterocycles. The van der Waals surface area contributed by atoms with Gasteiger partial charge in [0.2, 0.25) is 0 Å². The maximum Gasteiger partial charge on any atom is -0.00173 e. The van der Waals surface area contributed by atoms with Crippen molar-refractivity contribution < 1.29 is 0 Å². The summed E-state index contributed by atoms with van der Waals surface area (Å²) in [4.78, 5) is 0. The van der Waals surface area contributed by atoms with Gasteiger partial charge in [-0.15, -0.1) is 0 Å². The number of hydrogen-bond donors (Lipinski definition) is 1. The molecule has 1 fully saturated rings. The van der Waals surface area contributed by atoms with Crippen LogP contribution in [0.15, 0.2) is 24.3 Å². The highest BCUT2D eigenvalue weighted by Gasteiger charge is 2.27. The fourth-order valence-corrected chi connectivity index (χ4v) is 3.95. The highest BCUT2D eigenvalue weighted by Crippen LogP contribution is 2.36. The molecule has 1 atom stereocenters. The number of hydrogen-bond acceptors (Lipinski definition) is 1. The highest BCUT2D eigenvalue weighted by atomic mass is 14.9. The fraction of sp³-hybridized carbons (Fsp3) is 0.700. The molecule has 0 saturated carbocycles. The van der Waals surface area contributed by atoms with E-state index in [0.29, 0.717) is 5.41 Å².